The van der Waals surface area contributed by atoms with Gasteiger partial charge in [0.1, 0.15) is 12.4 Å². The molecule has 1 heterocycles. The summed E-state index contributed by atoms with van der Waals surface area (Å²) in [6, 6.07) is 11.2. The molecule has 0 bridgehead atoms. The Morgan fingerprint density at radius 3 is 2.89 bits per heavy atom. The van der Waals surface area contributed by atoms with Crippen molar-refractivity contribution >= 4 is 0 Å². The summed E-state index contributed by atoms with van der Waals surface area (Å²) in [6.07, 6.45) is 1.64. The van der Waals surface area contributed by atoms with E-state index >= 15 is 0 Å². The molecule has 1 aromatic carbocycles. The molecule has 0 saturated carbocycles. The summed E-state index contributed by atoms with van der Waals surface area (Å²) in [7, 11) is 1.63. The van der Waals surface area contributed by atoms with Crippen LogP contribution in [0.3, 0.4) is 0 Å². The molecule has 0 aliphatic rings. The fourth-order valence-electron chi connectivity index (χ4n) is 1.59. The molecule has 0 aliphatic heterocycles. The normalized spacial score (nSPS) is 10.1. The van der Waals surface area contributed by atoms with Crippen LogP contribution in [0, 0.1) is 0 Å². The van der Waals surface area contributed by atoms with Crippen LogP contribution < -0.4 is 9.47 Å². The zero-order chi connectivity index (χ0) is 12.8. The third-order valence-electron chi connectivity index (χ3n) is 2.53. The van der Waals surface area contributed by atoms with Crippen molar-refractivity contribution in [2.45, 2.75) is 13.2 Å². The largest absolute Gasteiger partial charge is 0.497 e. The van der Waals surface area contributed by atoms with Crippen LogP contribution in [0.4, 0.5) is 0 Å². The minimum atomic E-state index is -0.0821. The molecule has 4 nitrogen and oxygen atoms in total. The number of hydrogen-bond acceptors (Lipinski definition) is 4. The number of aromatic nitrogens is 1. The Morgan fingerprint density at radius 1 is 1.22 bits per heavy atom. The highest BCUT2D eigenvalue weighted by Crippen LogP contribution is 2.17. The maximum absolute atomic E-state index is 9.16. The van der Waals surface area contributed by atoms with Gasteiger partial charge in [-0.15, -0.1) is 0 Å². The maximum atomic E-state index is 9.16. The standard InChI is InChI=1S/C14H15NO3/c1-17-13-6-2-4-11(8-13)10-18-14-12(9-16)5-3-7-15-14/h2-8,16H,9-10H2,1H3. The van der Waals surface area contributed by atoms with Crippen molar-refractivity contribution in [1.29, 1.82) is 0 Å². The van der Waals surface area contributed by atoms with Crippen LogP contribution in [0.5, 0.6) is 11.6 Å². The molecule has 0 saturated heterocycles. The molecular weight excluding hydrogens is 230 g/mol. The summed E-state index contributed by atoms with van der Waals surface area (Å²) in [5, 5.41) is 9.16. The van der Waals surface area contributed by atoms with Gasteiger partial charge < -0.3 is 14.6 Å². The van der Waals surface area contributed by atoms with Crippen molar-refractivity contribution in [2.24, 2.45) is 0 Å². The third kappa shape index (κ3) is 2.99. The first-order chi connectivity index (χ1) is 8.83. The maximum Gasteiger partial charge on any atom is 0.219 e. The van der Waals surface area contributed by atoms with E-state index in [-0.39, 0.29) is 6.61 Å². The van der Waals surface area contributed by atoms with Gasteiger partial charge in [-0.2, -0.15) is 0 Å². The average Bonchev–Trinajstić information content (AvgIpc) is 2.45. The number of ether oxygens (including phenoxy) is 2. The molecule has 0 unspecified atom stereocenters. The number of pyridine rings is 1. The highest BCUT2D eigenvalue weighted by atomic mass is 16.5. The van der Waals surface area contributed by atoms with E-state index < -0.39 is 0 Å². The molecule has 0 atom stereocenters. The van der Waals surface area contributed by atoms with Gasteiger partial charge in [0.05, 0.1) is 13.7 Å². The molecule has 1 N–H and O–H groups in total. The van der Waals surface area contributed by atoms with Crippen molar-refractivity contribution in [3.05, 3.63) is 53.7 Å². The van der Waals surface area contributed by atoms with E-state index in [4.69, 9.17) is 14.6 Å². The Bertz CT molecular complexity index is 514. The molecule has 4 heteroatoms. The van der Waals surface area contributed by atoms with Crippen LogP contribution >= 0.6 is 0 Å². The van der Waals surface area contributed by atoms with Gasteiger partial charge in [0.25, 0.3) is 0 Å². The lowest BCUT2D eigenvalue weighted by Crippen LogP contribution is -2.00. The lowest BCUT2D eigenvalue weighted by Gasteiger charge is -2.09. The second-order valence-electron chi connectivity index (χ2n) is 3.77. The van der Waals surface area contributed by atoms with E-state index in [0.717, 1.165) is 11.3 Å². The van der Waals surface area contributed by atoms with Gasteiger partial charge in [0.15, 0.2) is 0 Å². The molecule has 0 aliphatic carbocycles. The quantitative estimate of drug-likeness (QED) is 0.877. The number of aliphatic hydroxyl groups excluding tert-OH is 1. The van der Waals surface area contributed by atoms with Gasteiger partial charge in [0, 0.05) is 11.8 Å². The lowest BCUT2D eigenvalue weighted by molar-refractivity contribution is 0.252. The molecule has 2 rings (SSSR count). The van der Waals surface area contributed by atoms with E-state index in [9.17, 15) is 0 Å². The monoisotopic (exact) mass is 245 g/mol. The van der Waals surface area contributed by atoms with Crippen LogP contribution in [-0.2, 0) is 13.2 Å². The highest BCUT2D eigenvalue weighted by Gasteiger charge is 2.04. The van der Waals surface area contributed by atoms with Crippen molar-refractivity contribution in [3.63, 3.8) is 0 Å². The number of benzene rings is 1. The second kappa shape index (κ2) is 6.02. The molecular formula is C14H15NO3. The summed E-state index contributed by atoms with van der Waals surface area (Å²) in [5.41, 5.74) is 1.67. The number of hydrogen-bond donors (Lipinski definition) is 1. The summed E-state index contributed by atoms with van der Waals surface area (Å²) in [4.78, 5) is 4.09. The fourth-order valence-corrected chi connectivity index (χ4v) is 1.59. The zero-order valence-electron chi connectivity index (χ0n) is 10.2. The van der Waals surface area contributed by atoms with Crippen LogP contribution in [0.25, 0.3) is 0 Å². The number of aliphatic hydroxyl groups is 1. The summed E-state index contributed by atoms with van der Waals surface area (Å²) in [6.45, 7) is 0.308. The van der Waals surface area contributed by atoms with E-state index in [0.29, 0.717) is 18.1 Å². The molecule has 1 aromatic heterocycles. The predicted molar refractivity (Wildman–Crippen MR) is 67.5 cm³/mol. The molecule has 94 valence electrons. The first kappa shape index (κ1) is 12.4. The van der Waals surface area contributed by atoms with E-state index in [1.165, 1.54) is 0 Å². The lowest BCUT2D eigenvalue weighted by atomic mass is 10.2. The van der Waals surface area contributed by atoms with Crippen LogP contribution in [0.1, 0.15) is 11.1 Å². The van der Waals surface area contributed by atoms with Gasteiger partial charge in [-0.25, -0.2) is 4.98 Å². The molecule has 0 radical (unpaired) electrons. The predicted octanol–water partition coefficient (Wildman–Crippen LogP) is 2.16. The van der Waals surface area contributed by atoms with Gasteiger partial charge in [-0.05, 0) is 29.8 Å². The topological polar surface area (TPSA) is 51.6 Å². The molecule has 0 fully saturated rings. The van der Waals surface area contributed by atoms with Gasteiger partial charge in [-0.1, -0.05) is 12.1 Å². The van der Waals surface area contributed by atoms with Gasteiger partial charge >= 0.3 is 0 Å². The first-order valence-electron chi connectivity index (χ1n) is 5.64. The molecule has 18 heavy (non-hydrogen) atoms. The zero-order valence-corrected chi connectivity index (χ0v) is 10.2. The van der Waals surface area contributed by atoms with Gasteiger partial charge in [-0.3, -0.25) is 0 Å². The number of nitrogens with zero attached hydrogens (tertiary/aromatic N) is 1. The third-order valence-corrected chi connectivity index (χ3v) is 2.53. The Labute approximate surface area is 106 Å². The van der Waals surface area contributed by atoms with Crippen LogP contribution in [0.2, 0.25) is 0 Å². The summed E-state index contributed by atoms with van der Waals surface area (Å²) >= 11 is 0. The van der Waals surface area contributed by atoms with Gasteiger partial charge in [0.2, 0.25) is 5.88 Å². The first-order valence-corrected chi connectivity index (χ1v) is 5.64. The van der Waals surface area contributed by atoms with Crippen molar-refractivity contribution < 1.29 is 14.6 Å². The van der Waals surface area contributed by atoms with Crippen molar-refractivity contribution in [1.82, 2.24) is 4.98 Å². The summed E-state index contributed by atoms with van der Waals surface area (Å²) in [5.74, 6) is 1.25. The Balaban J connectivity index is 2.06. The molecule has 0 spiro atoms. The Hall–Kier alpha value is -2.07. The number of methoxy groups -OCH3 is 1. The second-order valence-corrected chi connectivity index (χ2v) is 3.77. The highest BCUT2D eigenvalue weighted by molar-refractivity contribution is 5.29. The Morgan fingerprint density at radius 2 is 2.11 bits per heavy atom. The minimum Gasteiger partial charge on any atom is -0.497 e. The van der Waals surface area contributed by atoms with Crippen LogP contribution in [-0.4, -0.2) is 17.2 Å². The SMILES string of the molecule is COc1cccc(COc2ncccc2CO)c1. The van der Waals surface area contributed by atoms with Crippen molar-refractivity contribution in [2.75, 3.05) is 7.11 Å². The smallest absolute Gasteiger partial charge is 0.219 e. The number of rotatable bonds is 5. The van der Waals surface area contributed by atoms with Crippen LogP contribution in [0.15, 0.2) is 42.6 Å². The van der Waals surface area contributed by atoms with E-state index in [1.807, 2.05) is 24.3 Å². The van der Waals surface area contributed by atoms with Crippen molar-refractivity contribution in [3.8, 4) is 11.6 Å². The minimum absolute atomic E-state index is 0.0821. The summed E-state index contributed by atoms with van der Waals surface area (Å²) < 4.78 is 10.7. The van der Waals surface area contributed by atoms with E-state index in [1.54, 1.807) is 25.4 Å². The average molecular weight is 245 g/mol. The Kier molecular flexibility index (Phi) is 4.15. The molecule has 2 aromatic rings. The fraction of sp³-hybridized carbons (Fsp3) is 0.214. The molecule has 0 amide bonds. The van der Waals surface area contributed by atoms with E-state index in [2.05, 4.69) is 4.98 Å².